The maximum atomic E-state index is 10.9. The second-order valence-electron chi connectivity index (χ2n) is 4.66. The molecule has 0 saturated heterocycles. The number of hydrogen-bond donors (Lipinski definition) is 1. The van der Waals surface area contributed by atoms with Crippen LogP contribution >= 0.6 is 0 Å². The van der Waals surface area contributed by atoms with E-state index in [1.165, 1.54) is 25.1 Å². The zero-order chi connectivity index (χ0) is 13.1. The van der Waals surface area contributed by atoms with Gasteiger partial charge in [0.15, 0.2) is 0 Å². The maximum absolute atomic E-state index is 10.9. The highest BCUT2D eigenvalue weighted by Gasteiger charge is 2.28. The molecule has 1 fully saturated rings. The summed E-state index contributed by atoms with van der Waals surface area (Å²) in [5.74, 6) is 1.46. The summed E-state index contributed by atoms with van der Waals surface area (Å²) in [5.41, 5.74) is 0.0551. The second kappa shape index (κ2) is 5.00. The Labute approximate surface area is 105 Å². The van der Waals surface area contributed by atoms with Crippen LogP contribution in [0, 0.1) is 33.3 Å². The van der Waals surface area contributed by atoms with E-state index in [1.54, 1.807) is 0 Å². The van der Waals surface area contributed by atoms with Crippen LogP contribution in [0.3, 0.4) is 0 Å². The summed E-state index contributed by atoms with van der Waals surface area (Å²) in [6.45, 7) is 2.80. The van der Waals surface area contributed by atoms with Gasteiger partial charge in [0.2, 0.25) is 5.82 Å². The van der Waals surface area contributed by atoms with Gasteiger partial charge in [0.05, 0.1) is 10.5 Å². The molecule has 2 rings (SSSR count). The normalized spacial score (nSPS) is 15.8. The van der Waals surface area contributed by atoms with Crippen LogP contribution in [0.4, 0.5) is 11.5 Å². The summed E-state index contributed by atoms with van der Waals surface area (Å²) in [4.78, 5) is 14.3. The molecule has 1 aromatic rings. The molecule has 1 aliphatic rings. The first-order valence-electron chi connectivity index (χ1n) is 5.90. The largest absolute Gasteiger partial charge is 0.364 e. The fourth-order valence-corrected chi connectivity index (χ4v) is 1.88. The quantitative estimate of drug-likeness (QED) is 0.635. The molecular weight excluding hydrogens is 232 g/mol. The summed E-state index contributed by atoms with van der Waals surface area (Å²) in [6, 6.07) is 3.09. The lowest BCUT2D eigenvalue weighted by molar-refractivity contribution is -0.384. The van der Waals surface area contributed by atoms with Gasteiger partial charge in [0.25, 0.3) is 0 Å². The summed E-state index contributed by atoms with van der Waals surface area (Å²) < 4.78 is 0. The third kappa shape index (κ3) is 2.74. The lowest BCUT2D eigenvalue weighted by Crippen LogP contribution is -2.14. The molecule has 6 heteroatoms. The van der Waals surface area contributed by atoms with Gasteiger partial charge in [-0.2, -0.15) is 5.26 Å². The molecule has 18 heavy (non-hydrogen) atoms. The number of aromatic nitrogens is 1. The second-order valence-corrected chi connectivity index (χ2v) is 4.66. The number of pyridine rings is 1. The van der Waals surface area contributed by atoms with Crippen molar-refractivity contribution < 1.29 is 4.92 Å². The Morgan fingerprint density at radius 2 is 2.44 bits per heavy atom. The molecule has 0 radical (unpaired) electrons. The Balaban J connectivity index is 2.11. The number of nitrogens with one attached hydrogen (secondary N) is 1. The Morgan fingerprint density at radius 3 is 3.00 bits per heavy atom. The van der Waals surface area contributed by atoms with Gasteiger partial charge in [-0.05, 0) is 24.7 Å². The van der Waals surface area contributed by atoms with Crippen molar-refractivity contribution in [2.45, 2.75) is 19.8 Å². The maximum Gasteiger partial charge on any atom is 0.312 e. The van der Waals surface area contributed by atoms with Crippen LogP contribution in [0.25, 0.3) is 0 Å². The zero-order valence-electron chi connectivity index (χ0n) is 10.1. The van der Waals surface area contributed by atoms with Crippen molar-refractivity contribution in [2.24, 2.45) is 11.8 Å². The molecule has 94 valence electrons. The van der Waals surface area contributed by atoms with Gasteiger partial charge in [0.1, 0.15) is 6.07 Å². The first-order chi connectivity index (χ1) is 8.61. The predicted molar refractivity (Wildman–Crippen MR) is 66.0 cm³/mol. The predicted octanol–water partition coefficient (Wildman–Crippen LogP) is 2.32. The lowest BCUT2D eigenvalue weighted by atomic mass is 10.1. The van der Waals surface area contributed by atoms with E-state index in [1.807, 2.05) is 6.07 Å². The topological polar surface area (TPSA) is 91.8 Å². The summed E-state index contributed by atoms with van der Waals surface area (Å²) in [6.07, 6.45) is 3.83. The zero-order valence-corrected chi connectivity index (χ0v) is 10.1. The van der Waals surface area contributed by atoms with Crippen molar-refractivity contribution in [2.75, 3.05) is 11.9 Å². The molecule has 1 saturated carbocycles. The number of nitriles is 1. The molecule has 6 nitrogen and oxygen atoms in total. The van der Waals surface area contributed by atoms with E-state index in [0.29, 0.717) is 12.5 Å². The van der Waals surface area contributed by atoms with Crippen molar-refractivity contribution in [3.63, 3.8) is 0 Å². The monoisotopic (exact) mass is 246 g/mol. The number of nitrogens with zero attached hydrogens (tertiary/aromatic N) is 3. The molecule has 1 heterocycles. The number of anilines is 1. The van der Waals surface area contributed by atoms with Crippen molar-refractivity contribution in [3.05, 3.63) is 27.9 Å². The molecule has 0 bridgehead atoms. The standard InChI is InChI=1S/C12H14N4O2/c1-8(10-2-3-10)6-14-12-11(16(17)18)4-9(5-13)7-15-12/h4,7-8,10H,2-3,6H2,1H3,(H,14,15). The third-order valence-corrected chi connectivity index (χ3v) is 3.21. The summed E-state index contributed by atoms with van der Waals surface area (Å²) >= 11 is 0. The highest BCUT2D eigenvalue weighted by atomic mass is 16.6. The van der Waals surface area contributed by atoms with Crippen molar-refractivity contribution in [1.29, 1.82) is 5.26 Å². The molecule has 0 aromatic carbocycles. The average Bonchev–Trinajstić information content (AvgIpc) is 3.19. The van der Waals surface area contributed by atoms with Gasteiger partial charge in [-0.25, -0.2) is 4.98 Å². The lowest BCUT2D eigenvalue weighted by Gasteiger charge is -2.11. The number of nitro groups is 1. The van der Waals surface area contributed by atoms with Crippen LogP contribution in [-0.2, 0) is 0 Å². The van der Waals surface area contributed by atoms with Crippen molar-refractivity contribution >= 4 is 11.5 Å². The molecule has 1 N–H and O–H groups in total. The first-order valence-corrected chi connectivity index (χ1v) is 5.90. The van der Waals surface area contributed by atoms with Crippen LogP contribution in [0.2, 0.25) is 0 Å². The molecule has 1 atom stereocenters. The van der Waals surface area contributed by atoms with Crippen LogP contribution in [-0.4, -0.2) is 16.5 Å². The van der Waals surface area contributed by atoms with Gasteiger partial charge >= 0.3 is 5.69 Å². The minimum Gasteiger partial charge on any atom is -0.364 e. The van der Waals surface area contributed by atoms with Crippen LogP contribution < -0.4 is 5.32 Å². The minimum atomic E-state index is -0.516. The highest BCUT2D eigenvalue weighted by Crippen LogP contribution is 2.36. The van der Waals surface area contributed by atoms with E-state index in [0.717, 1.165) is 5.92 Å². The molecule has 1 aliphatic carbocycles. The molecule has 0 aliphatic heterocycles. The van der Waals surface area contributed by atoms with E-state index in [-0.39, 0.29) is 17.1 Å². The van der Waals surface area contributed by atoms with Gasteiger partial charge in [-0.15, -0.1) is 0 Å². The molecule has 1 aromatic heterocycles. The first kappa shape index (κ1) is 12.3. The Hall–Kier alpha value is -2.16. The fourth-order valence-electron chi connectivity index (χ4n) is 1.88. The fraction of sp³-hybridized carbons (Fsp3) is 0.500. The van der Waals surface area contributed by atoms with E-state index in [2.05, 4.69) is 17.2 Å². The summed E-state index contributed by atoms with van der Waals surface area (Å²) in [5, 5.41) is 22.6. The molecule has 0 amide bonds. The van der Waals surface area contributed by atoms with Crippen LogP contribution in [0.15, 0.2) is 12.3 Å². The molecular formula is C12H14N4O2. The minimum absolute atomic E-state index is 0.142. The number of hydrogen-bond acceptors (Lipinski definition) is 5. The van der Waals surface area contributed by atoms with Crippen LogP contribution in [0.5, 0.6) is 0 Å². The third-order valence-electron chi connectivity index (χ3n) is 3.21. The summed E-state index contributed by atoms with van der Waals surface area (Å²) in [7, 11) is 0. The number of rotatable bonds is 5. The highest BCUT2D eigenvalue weighted by molar-refractivity contribution is 5.58. The van der Waals surface area contributed by atoms with E-state index < -0.39 is 4.92 Å². The van der Waals surface area contributed by atoms with Gasteiger partial charge in [-0.3, -0.25) is 10.1 Å². The van der Waals surface area contributed by atoms with E-state index in [4.69, 9.17) is 5.26 Å². The van der Waals surface area contributed by atoms with Gasteiger partial charge in [0, 0.05) is 18.8 Å². The smallest absolute Gasteiger partial charge is 0.312 e. The average molecular weight is 246 g/mol. The Morgan fingerprint density at radius 1 is 1.72 bits per heavy atom. The van der Waals surface area contributed by atoms with Crippen molar-refractivity contribution in [3.8, 4) is 6.07 Å². The van der Waals surface area contributed by atoms with Crippen LogP contribution in [0.1, 0.15) is 25.3 Å². The molecule has 0 spiro atoms. The van der Waals surface area contributed by atoms with E-state index >= 15 is 0 Å². The Bertz CT molecular complexity index is 505. The van der Waals surface area contributed by atoms with Crippen molar-refractivity contribution in [1.82, 2.24) is 4.98 Å². The van der Waals surface area contributed by atoms with Gasteiger partial charge in [-0.1, -0.05) is 6.92 Å². The van der Waals surface area contributed by atoms with Gasteiger partial charge < -0.3 is 5.32 Å². The molecule has 1 unspecified atom stereocenters. The van der Waals surface area contributed by atoms with E-state index in [9.17, 15) is 10.1 Å². The Kier molecular flexibility index (Phi) is 3.42. The SMILES string of the molecule is CC(CNc1ncc(C#N)cc1[N+](=O)[O-])C1CC1.